The molecule has 0 N–H and O–H groups in total. The number of hydrogen-bond donors (Lipinski definition) is 0. The standard InChI is InChI=1S/C14H14F2N2O2S/c1-10-14-3-2-6-17(14)7-8-18(10)21(19,20)11-4-5-12(15)13(16)9-11/h2-6,9-10H,7-8H2,1H3/t10-/m0/s1. The molecule has 0 saturated carbocycles. The third-order valence-electron chi connectivity index (χ3n) is 3.78. The molecule has 1 atom stereocenters. The highest BCUT2D eigenvalue weighted by molar-refractivity contribution is 7.89. The fourth-order valence-electron chi connectivity index (χ4n) is 2.66. The number of aromatic nitrogens is 1. The number of sulfonamides is 1. The molecule has 1 aliphatic rings. The summed E-state index contributed by atoms with van der Waals surface area (Å²) in [7, 11) is -3.86. The SMILES string of the molecule is C[C@H]1c2cccn2CCN1S(=O)(=O)c1ccc(F)c(F)c1. The summed E-state index contributed by atoms with van der Waals surface area (Å²) in [5.41, 5.74) is 0.882. The molecular weight excluding hydrogens is 298 g/mol. The van der Waals surface area contributed by atoms with Gasteiger partial charge in [-0.3, -0.25) is 0 Å². The van der Waals surface area contributed by atoms with Gasteiger partial charge < -0.3 is 4.57 Å². The smallest absolute Gasteiger partial charge is 0.243 e. The van der Waals surface area contributed by atoms with Crippen LogP contribution in [-0.4, -0.2) is 23.8 Å². The van der Waals surface area contributed by atoms with Crippen LogP contribution in [0.2, 0.25) is 0 Å². The third-order valence-corrected chi connectivity index (χ3v) is 5.75. The van der Waals surface area contributed by atoms with E-state index in [0.717, 1.165) is 23.9 Å². The van der Waals surface area contributed by atoms with Gasteiger partial charge in [-0.05, 0) is 37.3 Å². The maximum Gasteiger partial charge on any atom is 0.243 e. The molecule has 0 spiro atoms. The van der Waals surface area contributed by atoms with Crippen molar-refractivity contribution in [2.45, 2.75) is 24.4 Å². The van der Waals surface area contributed by atoms with Gasteiger partial charge in [0.05, 0.1) is 10.9 Å². The molecule has 4 nitrogen and oxygen atoms in total. The van der Waals surface area contributed by atoms with Crippen molar-refractivity contribution in [3.8, 4) is 0 Å². The Morgan fingerprint density at radius 1 is 1.14 bits per heavy atom. The molecule has 0 amide bonds. The summed E-state index contributed by atoms with van der Waals surface area (Å²) in [5.74, 6) is -2.22. The largest absolute Gasteiger partial charge is 0.349 e. The van der Waals surface area contributed by atoms with Crippen LogP contribution in [0.15, 0.2) is 41.4 Å². The quantitative estimate of drug-likeness (QED) is 0.855. The number of nitrogens with zero attached hydrogens (tertiary/aromatic N) is 2. The second-order valence-corrected chi connectivity index (χ2v) is 6.88. The Morgan fingerprint density at radius 2 is 1.90 bits per heavy atom. The van der Waals surface area contributed by atoms with E-state index in [-0.39, 0.29) is 10.9 Å². The van der Waals surface area contributed by atoms with Crippen LogP contribution in [-0.2, 0) is 16.6 Å². The Labute approximate surface area is 121 Å². The Hall–Kier alpha value is -1.73. The lowest BCUT2D eigenvalue weighted by atomic mass is 10.2. The van der Waals surface area contributed by atoms with E-state index in [1.165, 1.54) is 4.31 Å². The van der Waals surface area contributed by atoms with Crippen LogP contribution in [0.5, 0.6) is 0 Å². The third kappa shape index (κ3) is 2.26. The maximum absolute atomic E-state index is 13.3. The van der Waals surface area contributed by atoms with Gasteiger partial charge in [0.15, 0.2) is 11.6 Å². The van der Waals surface area contributed by atoms with E-state index >= 15 is 0 Å². The van der Waals surface area contributed by atoms with Gasteiger partial charge in [-0.25, -0.2) is 17.2 Å². The average molecular weight is 312 g/mol. The minimum atomic E-state index is -3.86. The van der Waals surface area contributed by atoms with Crippen LogP contribution >= 0.6 is 0 Å². The van der Waals surface area contributed by atoms with E-state index in [1.54, 1.807) is 6.92 Å². The highest BCUT2D eigenvalue weighted by Gasteiger charge is 2.34. The van der Waals surface area contributed by atoms with Crippen LogP contribution in [0.1, 0.15) is 18.7 Å². The summed E-state index contributed by atoms with van der Waals surface area (Å²) in [4.78, 5) is -0.228. The number of fused-ring (bicyclic) bond motifs is 1. The van der Waals surface area contributed by atoms with Gasteiger partial charge in [-0.1, -0.05) is 0 Å². The normalized spacial score (nSPS) is 19.5. The van der Waals surface area contributed by atoms with Crippen molar-refractivity contribution in [3.63, 3.8) is 0 Å². The summed E-state index contributed by atoms with van der Waals surface area (Å²) < 4.78 is 54.8. The van der Waals surface area contributed by atoms with Crippen LogP contribution < -0.4 is 0 Å². The zero-order chi connectivity index (χ0) is 15.2. The van der Waals surface area contributed by atoms with Gasteiger partial charge in [0.25, 0.3) is 0 Å². The molecule has 21 heavy (non-hydrogen) atoms. The van der Waals surface area contributed by atoms with Crippen molar-refractivity contribution in [1.82, 2.24) is 8.87 Å². The van der Waals surface area contributed by atoms with Gasteiger partial charge in [-0.2, -0.15) is 4.31 Å². The highest BCUT2D eigenvalue weighted by Crippen LogP contribution is 2.31. The Kier molecular flexibility index (Phi) is 3.33. The molecule has 112 valence electrons. The molecule has 0 unspecified atom stereocenters. The van der Waals surface area contributed by atoms with Crippen LogP contribution in [0.4, 0.5) is 8.78 Å². The van der Waals surface area contributed by atoms with Crippen molar-refractivity contribution >= 4 is 10.0 Å². The Bertz CT molecular complexity index is 786. The molecule has 2 heterocycles. The molecule has 1 aromatic carbocycles. The molecule has 0 radical (unpaired) electrons. The predicted octanol–water partition coefficient (Wildman–Crippen LogP) is 2.53. The van der Waals surface area contributed by atoms with Crippen molar-refractivity contribution in [2.75, 3.05) is 6.54 Å². The summed E-state index contributed by atoms with van der Waals surface area (Å²) in [6.45, 7) is 2.61. The molecule has 0 bridgehead atoms. The molecular formula is C14H14F2N2O2S. The van der Waals surface area contributed by atoms with Crippen molar-refractivity contribution in [1.29, 1.82) is 0 Å². The molecule has 2 aromatic rings. The molecule has 0 saturated heterocycles. The Balaban J connectivity index is 2.01. The fraction of sp³-hybridized carbons (Fsp3) is 0.286. The van der Waals surface area contributed by atoms with Gasteiger partial charge >= 0.3 is 0 Å². The lowest BCUT2D eigenvalue weighted by Gasteiger charge is -2.33. The first-order valence-corrected chi connectivity index (χ1v) is 7.97. The summed E-state index contributed by atoms with van der Waals surface area (Å²) >= 11 is 0. The first-order chi connectivity index (χ1) is 9.91. The first-order valence-electron chi connectivity index (χ1n) is 6.53. The number of hydrogen-bond acceptors (Lipinski definition) is 2. The topological polar surface area (TPSA) is 42.3 Å². The van der Waals surface area contributed by atoms with Gasteiger partial charge in [-0.15, -0.1) is 0 Å². The number of rotatable bonds is 2. The Morgan fingerprint density at radius 3 is 2.62 bits per heavy atom. The second-order valence-electron chi connectivity index (χ2n) is 4.99. The fourth-order valence-corrected chi connectivity index (χ4v) is 4.27. The van der Waals surface area contributed by atoms with Gasteiger partial charge in [0.2, 0.25) is 10.0 Å². The summed E-state index contributed by atoms with van der Waals surface area (Å²) in [6, 6.07) is 6.02. The van der Waals surface area contributed by atoms with E-state index in [9.17, 15) is 17.2 Å². The molecule has 1 aromatic heterocycles. The lowest BCUT2D eigenvalue weighted by molar-refractivity contribution is 0.282. The minimum Gasteiger partial charge on any atom is -0.349 e. The molecule has 1 aliphatic heterocycles. The molecule has 0 aliphatic carbocycles. The monoisotopic (exact) mass is 312 g/mol. The van der Waals surface area contributed by atoms with Gasteiger partial charge in [0, 0.05) is 25.0 Å². The van der Waals surface area contributed by atoms with Crippen molar-refractivity contribution in [3.05, 3.63) is 53.9 Å². The first kappa shape index (κ1) is 14.2. The average Bonchev–Trinajstić information content (AvgIpc) is 2.91. The van der Waals surface area contributed by atoms with Crippen LogP contribution in [0, 0.1) is 11.6 Å². The minimum absolute atomic E-state index is 0.228. The molecule has 7 heteroatoms. The number of benzene rings is 1. The van der Waals surface area contributed by atoms with Crippen LogP contribution in [0.25, 0.3) is 0 Å². The summed E-state index contributed by atoms with van der Waals surface area (Å²) in [6.07, 6.45) is 1.90. The van der Waals surface area contributed by atoms with Crippen molar-refractivity contribution in [2.24, 2.45) is 0 Å². The van der Waals surface area contributed by atoms with Gasteiger partial charge in [0.1, 0.15) is 0 Å². The van der Waals surface area contributed by atoms with Crippen molar-refractivity contribution < 1.29 is 17.2 Å². The van der Waals surface area contributed by atoms with Crippen LogP contribution in [0.3, 0.4) is 0 Å². The molecule has 0 fully saturated rings. The van der Waals surface area contributed by atoms with E-state index in [2.05, 4.69) is 0 Å². The maximum atomic E-state index is 13.3. The van der Waals surface area contributed by atoms with E-state index in [1.807, 2.05) is 22.9 Å². The zero-order valence-electron chi connectivity index (χ0n) is 11.3. The van der Waals surface area contributed by atoms with E-state index in [0.29, 0.717) is 13.1 Å². The predicted molar refractivity (Wildman–Crippen MR) is 73.1 cm³/mol. The number of halogens is 2. The molecule has 3 rings (SSSR count). The summed E-state index contributed by atoms with van der Waals surface area (Å²) in [5, 5.41) is 0. The van der Waals surface area contributed by atoms with E-state index < -0.39 is 21.7 Å². The second kappa shape index (κ2) is 4.92. The zero-order valence-corrected chi connectivity index (χ0v) is 12.1. The lowest BCUT2D eigenvalue weighted by Crippen LogP contribution is -2.40. The van der Waals surface area contributed by atoms with E-state index in [4.69, 9.17) is 0 Å². The highest BCUT2D eigenvalue weighted by atomic mass is 32.2.